The maximum absolute atomic E-state index is 11.7. The Labute approximate surface area is 133 Å². The smallest absolute Gasteiger partial charge is 0.348 e. The maximum atomic E-state index is 11.7. The Morgan fingerprint density at radius 3 is 2.20 bits per heavy atom. The van der Waals surface area contributed by atoms with E-state index in [0.29, 0.717) is 18.4 Å². The minimum atomic E-state index is -0.449. The number of hydrogen-bond donors (Lipinski definition) is 1. The van der Waals surface area contributed by atoms with Crippen molar-refractivity contribution in [1.82, 2.24) is 5.32 Å². The van der Waals surface area contributed by atoms with E-state index < -0.39 is 5.97 Å². The fourth-order valence-corrected chi connectivity index (χ4v) is 3.22. The summed E-state index contributed by atoms with van der Waals surface area (Å²) in [6.07, 6.45) is 0. The van der Waals surface area contributed by atoms with E-state index in [1.165, 1.54) is 11.3 Å². The zero-order chi connectivity index (χ0) is 14.5. The second kappa shape index (κ2) is 7.08. The van der Waals surface area contributed by atoms with Gasteiger partial charge in [0, 0.05) is 0 Å². The van der Waals surface area contributed by atoms with E-state index in [0.717, 1.165) is 11.3 Å². The van der Waals surface area contributed by atoms with Crippen molar-refractivity contribution in [2.45, 2.75) is 0 Å². The molecule has 2 heterocycles. The highest BCUT2D eigenvalue weighted by atomic mass is 35.5. The van der Waals surface area contributed by atoms with Gasteiger partial charge in [0.25, 0.3) is 5.91 Å². The first-order chi connectivity index (χ1) is 9.56. The molecule has 8 heteroatoms. The number of nitrogens with one attached hydrogen (secondary N) is 1. The molecule has 4 nitrogen and oxygen atoms in total. The highest BCUT2D eigenvalue weighted by molar-refractivity contribution is 7.18. The third kappa shape index (κ3) is 4.21. The first-order valence-electron chi connectivity index (χ1n) is 5.52. The predicted molar refractivity (Wildman–Crippen MR) is 81.3 cm³/mol. The Bertz CT molecular complexity index is 570. The van der Waals surface area contributed by atoms with Gasteiger partial charge in [0.1, 0.15) is 11.5 Å². The number of hydrogen-bond acceptors (Lipinski definition) is 5. The highest BCUT2D eigenvalue weighted by Crippen LogP contribution is 2.22. The van der Waals surface area contributed by atoms with Gasteiger partial charge in [-0.15, -0.1) is 22.7 Å². The first-order valence-corrected chi connectivity index (χ1v) is 7.91. The fraction of sp³-hybridized carbons (Fsp3) is 0.167. The third-order valence-electron chi connectivity index (χ3n) is 2.19. The molecule has 0 aromatic carbocycles. The summed E-state index contributed by atoms with van der Waals surface area (Å²) in [5.74, 6) is -0.688. The summed E-state index contributed by atoms with van der Waals surface area (Å²) in [6, 6.07) is 6.52. The normalized spacial score (nSPS) is 10.3. The van der Waals surface area contributed by atoms with E-state index in [2.05, 4.69) is 5.32 Å². The van der Waals surface area contributed by atoms with E-state index in [-0.39, 0.29) is 19.1 Å². The lowest BCUT2D eigenvalue weighted by molar-refractivity contribution is 0.0509. The van der Waals surface area contributed by atoms with Gasteiger partial charge in [-0.1, -0.05) is 23.2 Å². The van der Waals surface area contributed by atoms with Gasteiger partial charge in [-0.05, 0) is 24.3 Å². The average Bonchev–Trinajstić information content (AvgIpc) is 3.03. The van der Waals surface area contributed by atoms with E-state index >= 15 is 0 Å². The number of halogens is 2. The largest absolute Gasteiger partial charge is 0.460 e. The van der Waals surface area contributed by atoms with Crippen molar-refractivity contribution >= 4 is 57.8 Å². The summed E-state index contributed by atoms with van der Waals surface area (Å²) in [5.41, 5.74) is 0. The summed E-state index contributed by atoms with van der Waals surface area (Å²) in [5, 5.41) is 2.64. The standard InChI is InChI=1S/C12H9Cl2NO3S2/c13-9-3-1-7(19-9)11(16)15-5-6-18-12(17)8-2-4-10(14)20-8/h1-4H,5-6H2,(H,15,16). The van der Waals surface area contributed by atoms with Gasteiger partial charge in [0.15, 0.2) is 0 Å². The summed E-state index contributed by atoms with van der Waals surface area (Å²) in [6.45, 7) is 0.332. The lowest BCUT2D eigenvalue weighted by Gasteiger charge is -2.04. The molecule has 2 aromatic heterocycles. The number of carbonyl (C=O) groups is 2. The van der Waals surface area contributed by atoms with Crippen molar-refractivity contribution in [1.29, 1.82) is 0 Å². The topological polar surface area (TPSA) is 55.4 Å². The fourth-order valence-electron chi connectivity index (χ4n) is 1.33. The van der Waals surface area contributed by atoms with Gasteiger partial charge in [-0.3, -0.25) is 4.79 Å². The van der Waals surface area contributed by atoms with Gasteiger partial charge in [-0.25, -0.2) is 4.79 Å². The van der Waals surface area contributed by atoms with Crippen LogP contribution in [0, 0.1) is 0 Å². The number of esters is 1. The molecule has 0 radical (unpaired) electrons. The summed E-state index contributed by atoms with van der Waals surface area (Å²) in [4.78, 5) is 24.2. The van der Waals surface area contributed by atoms with Crippen LogP contribution in [0.1, 0.15) is 19.3 Å². The quantitative estimate of drug-likeness (QED) is 0.661. The van der Waals surface area contributed by atoms with E-state index in [9.17, 15) is 9.59 Å². The van der Waals surface area contributed by atoms with Gasteiger partial charge >= 0.3 is 5.97 Å². The molecule has 0 saturated heterocycles. The first kappa shape index (κ1) is 15.3. The number of carbonyl (C=O) groups excluding carboxylic acids is 2. The molecule has 0 spiro atoms. The molecule has 1 N–H and O–H groups in total. The van der Waals surface area contributed by atoms with Crippen LogP contribution in [0.25, 0.3) is 0 Å². The highest BCUT2D eigenvalue weighted by Gasteiger charge is 2.11. The minimum absolute atomic E-state index is 0.0964. The van der Waals surface area contributed by atoms with Crippen LogP contribution in [0.2, 0.25) is 8.67 Å². The number of amides is 1. The molecule has 0 atom stereocenters. The molecular formula is C12H9Cl2NO3S2. The van der Waals surface area contributed by atoms with Crippen LogP contribution in [-0.2, 0) is 4.74 Å². The molecule has 20 heavy (non-hydrogen) atoms. The Hall–Kier alpha value is -1.08. The van der Waals surface area contributed by atoms with Crippen LogP contribution in [0.4, 0.5) is 0 Å². The van der Waals surface area contributed by atoms with Gasteiger partial charge in [0.05, 0.1) is 20.1 Å². The minimum Gasteiger partial charge on any atom is -0.460 e. The van der Waals surface area contributed by atoms with Crippen LogP contribution in [0.3, 0.4) is 0 Å². The van der Waals surface area contributed by atoms with Gasteiger partial charge < -0.3 is 10.1 Å². The van der Waals surface area contributed by atoms with Crippen molar-refractivity contribution in [2.75, 3.05) is 13.2 Å². The number of ether oxygens (including phenoxy) is 1. The Morgan fingerprint density at radius 2 is 1.65 bits per heavy atom. The van der Waals surface area contributed by atoms with Crippen molar-refractivity contribution < 1.29 is 14.3 Å². The molecule has 2 rings (SSSR count). The van der Waals surface area contributed by atoms with Crippen LogP contribution in [-0.4, -0.2) is 25.0 Å². The van der Waals surface area contributed by atoms with E-state index in [1.807, 2.05) is 0 Å². The Kier molecular flexibility index (Phi) is 5.42. The number of thiophene rings is 2. The molecule has 1 amide bonds. The van der Waals surface area contributed by atoms with Gasteiger partial charge in [0.2, 0.25) is 0 Å². The number of rotatable bonds is 5. The van der Waals surface area contributed by atoms with Crippen LogP contribution < -0.4 is 5.32 Å². The van der Waals surface area contributed by atoms with Gasteiger partial charge in [-0.2, -0.15) is 0 Å². The SMILES string of the molecule is O=C(NCCOC(=O)c1ccc(Cl)s1)c1ccc(Cl)s1. The molecule has 2 aromatic rings. The van der Waals surface area contributed by atoms with Crippen LogP contribution in [0.5, 0.6) is 0 Å². The monoisotopic (exact) mass is 349 g/mol. The lowest BCUT2D eigenvalue weighted by Crippen LogP contribution is -2.27. The van der Waals surface area contributed by atoms with Crippen LogP contribution in [0.15, 0.2) is 24.3 Å². The van der Waals surface area contributed by atoms with Crippen molar-refractivity contribution in [3.63, 3.8) is 0 Å². The molecular weight excluding hydrogens is 341 g/mol. The second-order valence-corrected chi connectivity index (χ2v) is 7.03. The Morgan fingerprint density at radius 1 is 1.05 bits per heavy atom. The molecule has 0 aliphatic heterocycles. The lowest BCUT2D eigenvalue weighted by atomic mass is 10.4. The average molecular weight is 350 g/mol. The van der Waals surface area contributed by atoms with Crippen molar-refractivity contribution in [2.24, 2.45) is 0 Å². The third-order valence-corrected chi connectivity index (χ3v) is 4.63. The second-order valence-electron chi connectivity index (χ2n) is 3.60. The van der Waals surface area contributed by atoms with E-state index in [1.54, 1.807) is 24.3 Å². The van der Waals surface area contributed by atoms with E-state index in [4.69, 9.17) is 27.9 Å². The molecule has 0 saturated carbocycles. The molecule has 0 aliphatic carbocycles. The summed E-state index contributed by atoms with van der Waals surface area (Å²) in [7, 11) is 0. The van der Waals surface area contributed by atoms with Crippen LogP contribution >= 0.6 is 45.9 Å². The molecule has 0 fully saturated rings. The van der Waals surface area contributed by atoms with Crippen molar-refractivity contribution in [3.05, 3.63) is 42.7 Å². The summed E-state index contributed by atoms with van der Waals surface area (Å²) < 4.78 is 6.09. The Balaban J connectivity index is 1.71. The summed E-state index contributed by atoms with van der Waals surface area (Å²) >= 11 is 13.8. The molecule has 0 bridgehead atoms. The van der Waals surface area contributed by atoms with Crippen molar-refractivity contribution in [3.8, 4) is 0 Å². The molecule has 0 unspecified atom stereocenters. The predicted octanol–water partition coefficient (Wildman–Crippen LogP) is 3.70. The zero-order valence-corrected chi connectivity index (χ0v) is 13.2. The zero-order valence-electron chi connectivity index (χ0n) is 10.0. The molecule has 0 aliphatic rings. The molecule has 106 valence electrons. The maximum Gasteiger partial charge on any atom is 0.348 e.